The zero-order chi connectivity index (χ0) is 19.5. The lowest BCUT2D eigenvalue weighted by Crippen LogP contribution is -2.30. The van der Waals surface area contributed by atoms with Crippen LogP contribution in [0, 0.1) is 6.92 Å². The van der Waals surface area contributed by atoms with Gasteiger partial charge in [-0.1, -0.05) is 77.6 Å². The van der Waals surface area contributed by atoms with Gasteiger partial charge in [-0.15, -0.1) is 10.2 Å². The molecule has 0 saturated heterocycles. The molecule has 6 heteroatoms. The van der Waals surface area contributed by atoms with Gasteiger partial charge in [-0.05, 0) is 25.3 Å². The minimum Gasteiger partial charge on any atom is -0.480 e. The fraction of sp³-hybridized carbons (Fsp3) is 0.136. The molecule has 0 aliphatic carbocycles. The highest BCUT2D eigenvalue weighted by Crippen LogP contribution is 2.28. The Morgan fingerprint density at radius 2 is 1.75 bits per heavy atom. The van der Waals surface area contributed by atoms with Gasteiger partial charge in [-0.25, -0.2) is 0 Å². The zero-order valence-electron chi connectivity index (χ0n) is 15.5. The molecule has 4 aromatic rings. The number of benzene rings is 3. The van der Waals surface area contributed by atoms with Crippen molar-refractivity contribution in [2.75, 3.05) is 5.32 Å². The number of nitrogens with zero attached hydrogens (tertiary/aromatic N) is 2. The van der Waals surface area contributed by atoms with E-state index in [1.807, 2.05) is 73.7 Å². The van der Waals surface area contributed by atoms with E-state index in [4.69, 9.17) is 4.74 Å². The molecule has 140 valence electrons. The van der Waals surface area contributed by atoms with Crippen LogP contribution in [0.1, 0.15) is 12.5 Å². The molecular formula is C22H19N3O2S. The summed E-state index contributed by atoms with van der Waals surface area (Å²) in [5.41, 5.74) is 2.16. The Morgan fingerprint density at radius 3 is 2.57 bits per heavy atom. The first-order chi connectivity index (χ1) is 13.6. The normalized spacial score (nSPS) is 11.9. The summed E-state index contributed by atoms with van der Waals surface area (Å²) in [5.74, 6) is 0.415. The molecule has 1 N–H and O–H groups in total. The molecule has 0 unspecified atom stereocenters. The molecule has 0 bridgehead atoms. The summed E-state index contributed by atoms with van der Waals surface area (Å²) in [6.07, 6.45) is -0.669. The molecule has 1 atom stereocenters. The van der Waals surface area contributed by atoms with Gasteiger partial charge < -0.3 is 4.74 Å². The third-order valence-electron chi connectivity index (χ3n) is 4.38. The number of rotatable bonds is 5. The third-order valence-corrected chi connectivity index (χ3v) is 5.26. The van der Waals surface area contributed by atoms with E-state index in [2.05, 4.69) is 15.5 Å². The van der Waals surface area contributed by atoms with Crippen LogP contribution in [-0.4, -0.2) is 22.2 Å². The first kappa shape index (κ1) is 18.1. The Kier molecular flexibility index (Phi) is 5.04. The minimum atomic E-state index is -0.669. The number of carbonyl (C=O) groups excluding carboxylic acids is 1. The van der Waals surface area contributed by atoms with Crippen LogP contribution in [-0.2, 0) is 4.79 Å². The lowest BCUT2D eigenvalue weighted by atomic mass is 10.1. The Balaban J connectivity index is 1.45. The fourth-order valence-corrected chi connectivity index (χ4v) is 3.59. The van der Waals surface area contributed by atoms with Crippen molar-refractivity contribution in [3.63, 3.8) is 0 Å². The molecule has 0 saturated carbocycles. The Hall–Kier alpha value is -3.25. The highest BCUT2D eigenvalue weighted by Gasteiger charge is 2.18. The van der Waals surface area contributed by atoms with E-state index in [9.17, 15) is 4.79 Å². The number of anilines is 1. The topological polar surface area (TPSA) is 64.1 Å². The number of aromatic nitrogens is 2. The number of ether oxygens (including phenoxy) is 1. The summed E-state index contributed by atoms with van der Waals surface area (Å²) in [4.78, 5) is 12.5. The summed E-state index contributed by atoms with van der Waals surface area (Å²) in [6.45, 7) is 3.76. The number of fused-ring (bicyclic) bond motifs is 1. The van der Waals surface area contributed by atoms with Gasteiger partial charge in [0.15, 0.2) is 6.10 Å². The van der Waals surface area contributed by atoms with E-state index in [0.717, 1.165) is 21.3 Å². The molecule has 1 aromatic heterocycles. The van der Waals surface area contributed by atoms with Crippen molar-refractivity contribution in [3.05, 3.63) is 72.3 Å². The molecule has 0 radical (unpaired) electrons. The van der Waals surface area contributed by atoms with Crippen LogP contribution >= 0.6 is 11.3 Å². The van der Waals surface area contributed by atoms with Gasteiger partial charge in [-0.3, -0.25) is 10.1 Å². The average molecular weight is 389 g/mol. The lowest BCUT2D eigenvalue weighted by Gasteiger charge is -2.15. The quantitative estimate of drug-likeness (QED) is 0.517. The van der Waals surface area contributed by atoms with E-state index in [1.54, 1.807) is 6.92 Å². The van der Waals surface area contributed by atoms with Crippen molar-refractivity contribution in [2.24, 2.45) is 0 Å². The van der Waals surface area contributed by atoms with Crippen molar-refractivity contribution < 1.29 is 9.53 Å². The molecule has 1 heterocycles. The second-order valence-electron chi connectivity index (χ2n) is 6.51. The molecule has 1 amide bonds. The summed E-state index contributed by atoms with van der Waals surface area (Å²) in [6, 6.07) is 21.8. The molecule has 0 aliphatic heterocycles. The van der Waals surface area contributed by atoms with E-state index in [0.29, 0.717) is 10.9 Å². The minimum absolute atomic E-state index is 0.264. The fourth-order valence-electron chi connectivity index (χ4n) is 2.84. The zero-order valence-corrected chi connectivity index (χ0v) is 16.4. The number of hydrogen-bond acceptors (Lipinski definition) is 5. The molecule has 5 nitrogen and oxygen atoms in total. The molecule has 3 aromatic carbocycles. The SMILES string of the molecule is Cc1ccc(-c2nnc(NC(=O)[C@H](C)Oc3cccc4ccccc34)s2)cc1. The van der Waals surface area contributed by atoms with E-state index < -0.39 is 6.10 Å². The molecule has 0 fully saturated rings. The number of carbonyl (C=O) groups is 1. The average Bonchev–Trinajstić information content (AvgIpc) is 3.17. The predicted octanol–water partition coefficient (Wildman–Crippen LogP) is 5.07. The number of nitrogens with one attached hydrogen (secondary N) is 1. The lowest BCUT2D eigenvalue weighted by molar-refractivity contribution is -0.122. The van der Waals surface area contributed by atoms with Crippen molar-refractivity contribution in [1.82, 2.24) is 10.2 Å². The van der Waals surface area contributed by atoms with Crippen LogP contribution in [0.2, 0.25) is 0 Å². The van der Waals surface area contributed by atoms with Gasteiger partial charge in [0, 0.05) is 10.9 Å². The number of hydrogen-bond donors (Lipinski definition) is 1. The molecule has 0 aliphatic rings. The summed E-state index contributed by atoms with van der Waals surface area (Å²) >= 11 is 1.34. The largest absolute Gasteiger partial charge is 0.480 e. The van der Waals surface area contributed by atoms with Crippen molar-refractivity contribution >= 4 is 33.1 Å². The maximum absolute atomic E-state index is 12.5. The van der Waals surface area contributed by atoms with Gasteiger partial charge in [0.2, 0.25) is 5.13 Å². The van der Waals surface area contributed by atoms with Gasteiger partial charge in [-0.2, -0.15) is 0 Å². The Morgan fingerprint density at radius 1 is 1.00 bits per heavy atom. The number of amides is 1. The van der Waals surface area contributed by atoms with Gasteiger partial charge in [0.25, 0.3) is 5.91 Å². The molecule has 28 heavy (non-hydrogen) atoms. The van der Waals surface area contributed by atoms with Crippen LogP contribution in [0.3, 0.4) is 0 Å². The van der Waals surface area contributed by atoms with E-state index in [1.165, 1.54) is 16.9 Å². The smallest absolute Gasteiger partial charge is 0.266 e. The van der Waals surface area contributed by atoms with Gasteiger partial charge >= 0.3 is 0 Å². The highest BCUT2D eigenvalue weighted by atomic mass is 32.1. The van der Waals surface area contributed by atoms with Crippen molar-refractivity contribution in [2.45, 2.75) is 20.0 Å². The van der Waals surface area contributed by atoms with Gasteiger partial charge in [0.1, 0.15) is 10.8 Å². The summed E-state index contributed by atoms with van der Waals surface area (Å²) in [5, 5.41) is 14.3. The maximum atomic E-state index is 12.5. The van der Waals surface area contributed by atoms with Crippen LogP contribution < -0.4 is 10.1 Å². The highest BCUT2D eigenvalue weighted by molar-refractivity contribution is 7.18. The van der Waals surface area contributed by atoms with Crippen molar-refractivity contribution in [1.29, 1.82) is 0 Å². The second kappa shape index (κ2) is 7.78. The Labute approximate surface area is 167 Å². The van der Waals surface area contributed by atoms with Crippen LogP contribution in [0.5, 0.6) is 5.75 Å². The molecule has 0 spiro atoms. The maximum Gasteiger partial charge on any atom is 0.266 e. The van der Waals surface area contributed by atoms with E-state index >= 15 is 0 Å². The monoisotopic (exact) mass is 389 g/mol. The standard InChI is InChI=1S/C22H19N3O2S/c1-14-10-12-17(13-11-14)21-24-25-22(28-21)23-20(26)15(2)27-19-9-5-7-16-6-3-4-8-18(16)19/h3-13,15H,1-2H3,(H,23,25,26)/t15-/m0/s1. The van der Waals surface area contributed by atoms with Crippen LogP contribution in [0.25, 0.3) is 21.3 Å². The first-order valence-electron chi connectivity index (χ1n) is 8.96. The third kappa shape index (κ3) is 3.87. The van der Waals surface area contributed by atoms with Gasteiger partial charge in [0.05, 0.1) is 0 Å². The van der Waals surface area contributed by atoms with Crippen molar-refractivity contribution in [3.8, 4) is 16.3 Å². The van der Waals surface area contributed by atoms with E-state index in [-0.39, 0.29) is 5.91 Å². The molecule has 4 rings (SSSR count). The second-order valence-corrected chi connectivity index (χ2v) is 7.48. The Bertz CT molecular complexity index is 1120. The number of aryl methyl sites for hydroxylation is 1. The van der Waals surface area contributed by atoms with Crippen LogP contribution in [0.4, 0.5) is 5.13 Å². The summed E-state index contributed by atoms with van der Waals surface area (Å²) < 4.78 is 5.91. The predicted molar refractivity (Wildman–Crippen MR) is 113 cm³/mol. The first-order valence-corrected chi connectivity index (χ1v) is 9.77. The van der Waals surface area contributed by atoms with Crippen LogP contribution in [0.15, 0.2) is 66.7 Å². The summed E-state index contributed by atoms with van der Waals surface area (Å²) in [7, 11) is 0. The molecular weight excluding hydrogens is 370 g/mol.